The van der Waals surface area contributed by atoms with Crippen molar-refractivity contribution in [1.29, 1.82) is 0 Å². The predicted molar refractivity (Wildman–Crippen MR) is 254 cm³/mol. The molecule has 8 rings (SSSR count). The number of oxime groups is 2. The van der Waals surface area contributed by atoms with E-state index < -0.39 is 81.3 Å². The molecule has 4 atom stereocenters. The number of thiazole rings is 2. The number of aryl methyl sites for hydroxylation is 2. The Bertz CT molecular complexity index is 2960. The molecule has 2 fully saturated rings. The molecule has 0 spiro atoms. The van der Waals surface area contributed by atoms with E-state index in [4.69, 9.17) is 21.1 Å². The molecule has 4 amide bonds. The number of nitrogen functional groups attached to an aromatic ring is 2. The maximum absolute atomic E-state index is 12.9. The summed E-state index contributed by atoms with van der Waals surface area (Å²) in [5.41, 5.74) is 9.45. The Morgan fingerprint density at radius 2 is 1.07 bits per heavy atom. The summed E-state index contributed by atoms with van der Waals surface area (Å²) in [5, 5.41) is 64.6. The first-order valence-corrected chi connectivity index (χ1v) is 25.6. The molecule has 0 aliphatic carbocycles. The summed E-state index contributed by atoms with van der Waals surface area (Å²) in [7, 11) is 5.41. The number of carbonyl (C=O) groups is 6. The van der Waals surface area contributed by atoms with E-state index in [1.165, 1.54) is 72.0 Å². The molecule has 4 aliphatic heterocycles. The molecule has 0 radical (unpaired) electrons. The van der Waals surface area contributed by atoms with E-state index in [0.29, 0.717) is 11.1 Å². The van der Waals surface area contributed by atoms with Crippen LogP contribution in [0.3, 0.4) is 0 Å². The van der Waals surface area contributed by atoms with E-state index in [0.717, 1.165) is 56.0 Å². The normalized spacial score (nSPS) is 19.0. The van der Waals surface area contributed by atoms with Gasteiger partial charge in [-0.25, -0.2) is 19.3 Å². The van der Waals surface area contributed by atoms with Crippen LogP contribution in [0.2, 0.25) is 0 Å². The molecule has 2 saturated heterocycles. The van der Waals surface area contributed by atoms with Crippen LogP contribution in [0.15, 0.2) is 63.5 Å². The van der Waals surface area contributed by atoms with Gasteiger partial charge in [0.1, 0.15) is 48.4 Å². The van der Waals surface area contributed by atoms with Gasteiger partial charge in [-0.1, -0.05) is 33.8 Å². The van der Waals surface area contributed by atoms with E-state index in [2.05, 4.69) is 51.1 Å². The second kappa shape index (κ2) is 25.5. The zero-order chi connectivity index (χ0) is 52.3. The molecule has 38 heteroatoms. The summed E-state index contributed by atoms with van der Waals surface area (Å²) in [6, 6.07) is -2.04. The van der Waals surface area contributed by atoms with Gasteiger partial charge in [0, 0.05) is 47.9 Å². The zero-order valence-electron chi connectivity index (χ0n) is 39.1. The molecular formula is C36H34N16Na2O14S6. The number of hydrogen-bond donors (Lipinski definition) is 6. The summed E-state index contributed by atoms with van der Waals surface area (Å²) < 4.78 is 2.35. The molecule has 4 aliphatic rings. The molecule has 2 unspecified atom stereocenters. The van der Waals surface area contributed by atoms with Crippen molar-refractivity contribution in [2.45, 2.75) is 33.1 Å². The Morgan fingerprint density at radius 3 is 1.38 bits per heavy atom. The molecule has 30 nitrogen and oxygen atoms in total. The number of nitrogens with zero attached hydrogens (tertiary/aromatic N) is 12. The number of amides is 4. The standard InChI is InChI=1S/2C18H18N8O7S3.2Na/c2*1-25-18(22-12(28)13(29)23-25)36-4-6-3-34-15-9(14(30)26(15)10(6)16(31)32)21-11(27)8(24-33-2)7-5-35-17(19)20-7;;/h2*5,9,15H,3-4H2,1-2H3,(H2,19,20)(H,21,27)(H,23,29)(H,31,32);;/q;;2*+1/p-2/t2*9?,15-;;/m00../s1. The Balaban J connectivity index is 0.000000267. The SMILES string of the molecule is CON=C(C(=O)NC1C(=O)N2C(C(=O)[O-])=C(CSc3nc(=O)c(O)nn3C)CS[C@@H]12)c1csc(N)n1.CON=C(C(=O)NC1C(=O)N2C(C(=O)[O-])=C(CSc3nc(=O)c(O)nn3C)CS[C@@H]12)c1csc(N)n1.[Na+].[Na+]. The zero-order valence-corrected chi connectivity index (χ0v) is 48.0. The second-order valence-corrected chi connectivity index (χ2v) is 20.3. The van der Waals surface area contributed by atoms with Gasteiger partial charge in [0.25, 0.3) is 35.4 Å². The number of anilines is 2. The first-order valence-electron chi connectivity index (χ1n) is 19.8. The van der Waals surface area contributed by atoms with Crippen LogP contribution >= 0.6 is 69.7 Å². The largest absolute Gasteiger partial charge is 1.00 e. The van der Waals surface area contributed by atoms with Crippen LogP contribution < -0.4 is 103 Å². The van der Waals surface area contributed by atoms with E-state index in [1.807, 2.05) is 0 Å². The van der Waals surface area contributed by atoms with Gasteiger partial charge < -0.3 is 61.8 Å². The molecular weight excluding hydrogens is 1120 g/mol. The summed E-state index contributed by atoms with van der Waals surface area (Å²) in [6.07, 6.45) is 0. The smallest absolute Gasteiger partial charge is 0.543 e. The summed E-state index contributed by atoms with van der Waals surface area (Å²) >= 11 is 6.69. The maximum atomic E-state index is 12.9. The fraction of sp³-hybridized carbons (Fsp3) is 0.333. The van der Waals surface area contributed by atoms with Gasteiger partial charge in [-0.3, -0.25) is 38.6 Å². The van der Waals surface area contributed by atoms with Crippen LogP contribution in [-0.4, -0.2) is 167 Å². The number of carboxylic acid groups (broad SMARTS) is 2. The van der Waals surface area contributed by atoms with Crippen LogP contribution in [0.25, 0.3) is 0 Å². The van der Waals surface area contributed by atoms with Crippen molar-refractivity contribution in [3.63, 3.8) is 0 Å². The molecule has 74 heavy (non-hydrogen) atoms. The van der Waals surface area contributed by atoms with Gasteiger partial charge in [-0.05, 0) is 11.1 Å². The quantitative estimate of drug-likeness (QED) is 0.0199. The summed E-state index contributed by atoms with van der Waals surface area (Å²) in [6.45, 7) is 0. The van der Waals surface area contributed by atoms with E-state index in [-0.39, 0.29) is 137 Å². The van der Waals surface area contributed by atoms with Gasteiger partial charge in [0.15, 0.2) is 32.0 Å². The van der Waals surface area contributed by atoms with Crippen molar-refractivity contribution >= 4 is 127 Å². The van der Waals surface area contributed by atoms with Gasteiger partial charge in [0.2, 0.25) is 0 Å². The third-order valence-electron chi connectivity index (χ3n) is 9.95. The van der Waals surface area contributed by atoms with Crippen LogP contribution in [0.5, 0.6) is 11.8 Å². The predicted octanol–water partition coefficient (Wildman–Crippen LogP) is -11.1. The minimum absolute atomic E-state index is 0. The van der Waals surface area contributed by atoms with Crippen molar-refractivity contribution in [2.24, 2.45) is 24.4 Å². The number of thioether (sulfide) groups is 4. The van der Waals surface area contributed by atoms with Gasteiger partial charge in [0.05, 0.1) is 23.3 Å². The Kier molecular flexibility index (Phi) is 20.5. The molecule has 4 aromatic heterocycles. The van der Waals surface area contributed by atoms with E-state index in [1.54, 1.807) is 0 Å². The van der Waals surface area contributed by atoms with Gasteiger partial charge in [-0.2, -0.15) is 9.97 Å². The Labute approximate surface area is 483 Å². The van der Waals surface area contributed by atoms with Gasteiger partial charge >= 0.3 is 70.2 Å². The molecule has 4 aromatic rings. The minimum Gasteiger partial charge on any atom is -0.543 e. The number of rotatable bonds is 16. The van der Waals surface area contributed by atoms with E-state index in [9.17, 15) is 58.8 Å². The Hall–Kier alpha value is -5.28. The molecule has 0 bridgehead atoms. The first kappa shape index (κ1) is 59.6. The van der Waals surface area contributed by atoms with Crippen molar-refractivity contribution in [1.82, 2.24) is 59.9 Å². The fourth-order valence-electron chi connectivity index (χ4n) is 6.80. The van der Waals surface area contributed by atoms with Crippen molar-refractivity contribution in [2.75, 3.05) is 48.7 Å². The number of aliphatic carboxylic acids is 2. The minimum atomic E-state index is -1.56. The molecule has 0 aromatic carbocycles. The summed E-state index contributed by atoms with van der Waals surface area (Å²) in [5.74, 6) is -6.87. The van der Waals surface area contributed by atoms with Gasteiger partial charge in [-0.15, -0.1) is 56.4 Å². The molecule has 380 valence electrons. The third kappa shape index (κ3) is 12.7. The van der Waals surface area contributed by atoms with Crippen LogP contribution in [0, 0.1) is 0 Å². The number of aromatic hydroxyl groups is 2. The average Bonchev–Trinajstić information content (AvgIpc) is 3.98. The number of nitrogens with one attached hydrogen (secondary N) is 2. The number of nitrogens with two attached hydrogens (primary N) is 2. The first-order chi connectivity index (χ1) is 34.2. The monoisotopic (exact) mass is 1150 g/mol. The third-order valence-corrected chi connectivity index (χ3v) is 16.2. The number of fused-ring (bicyclic) bond motifs is 2. The summed E-state index contributed by atoms with van der Waals surface area (Å²) in [4.78, 5) is 125. The van der Waals surface area contributed by atoms with Crippen LogP contribution in [-0.2, 0) is 52.5 Å². The van der Waals surface area contributed by atoms with Crippen molar-refractivity contribution in [3.05, 3.63) is 65.4 Å². The molecule has 0 saturated carbocycles. The Morgan fingerprint density at radius 1 is 0.703 bits per heavy atom. The average molecular weight is 1150 g/mol. The number of carboxylic acids is 2. The maximum Gasteiger partial charge on any atom is 1.00 e. The molecule has 8 N–H and O–H groups in total. The number of β-lactam (4-membered cyclic amide) rings is 2. The second-order valence-electron chi connectivity index (χ2n) is 14.5. The number of carbonyl (C=O) groups excluding carboxylic acids is 6. The van der Waals surface area contributed by atoms with Crippen LogP contribution in [0.1, 0.15) is 11.4 Å². The van der Waals surface area contributed by atoms with Crippen molar-refractivity contribution < 1.29 is 118 Å². The topological polar surface area (TPSA) is 436 Å². The van der Waals surface area contributed by atoms with Crippen LogP contribution in [0.4, 0.5) is 10.3 Å². The fourth-order valence-corrected chi connectivity index (χ4v) is 12.7. The van der Waals surface area contributed by atoms with E-state index >= 15 is 0 Å². The number of aromatic nitrogens is 8. The van der Waals surface area contributed by atoms with Crippen molar-refractivity contribution in [3.8, 4) is 11.8 Å². The molecule has 8 heterocycles. The number of hydrogen-bond acceptors (Lipinski definition) is 30.